The third-order valence-electron chi connectivity index (χ3n) is 4.40. The van der Waals surface area contributed by atoms with Crippen LogP contribution < -0.4 is 16.4 Å². The standard InChI is InChI=1S/C21H22N4O/c1-13-10-11-16(25-21(22)23)12-19(13)20(26)24-14(2)17-9-5-7-15-6-3-4-8-18(15)17/h3-12,14H,1-2H3,(H,24,26)(H4,22,23,25)/t14-/m1/s1. The molecule has 0 unspecified atom stereocenters. The molecule has 0 radical (unpaired) electrons. The van der Waals surface area contributed by atoms with E-state index in [9.17, 15) is 4.79 Å². The van der Waals surface area contributed by atoms with Crippen LogP contribution in [-0.4, -0.2) is 11.9 Å². The van der Waals surface area contributed by atoms with Gasteiger partial charge in [0.25, 0.3) is 5.91 Å². The molecule has 3 rings (SSSR count). The second-order valence-electron chi connectivity index (χ2n) is 6.33. The number of nitrogens with one attached hydrogen (secondary N) is 3. The predicted molar refractivity (Wildman–Crippen MR) is 107 cm³/mol. The molecule has 132 valence electrons. The fourth-order valence-corrected chi connectivity index (χ4v) is 3.08. The van der Waals surface area contributed by atoms with Crippen molar-refractivity contribution in [3.63, 3.8) is 0 Å². The van der Waals surface area contributed by atoms with Crippen molar-refractivity contribution in [1.82, 2.24) is 5.32 Å². The number of nitrogens with two attached hydrogens (primary N) is 1. The van der Waals surface area contributed by atoms with Crippen molar-refractivity contribution >= 4 is 28.3 Å². The van der Waals surface area contributed by atoms with E-state index < -0.39 is 0 Å². The molecule has 1 atom stereocenters. The number of carbonyl (C=O) groups is 1. The summed E-state index contributed by atoms with van der Waals surface area (Å²) in [5.74, 6) is -0.320. The predicted octanol–water partition coefficient (Wildman–Crippen LogP) is 3.94. The number of hydrogen-bond donors (Lipinski definition) is 4. The molecule has 0 bridgehead atoms. The molecule has 5 heteroatoms. The summed E-state index contributed by atoms with van der Waals surface area (Å²) in [5.41, 5.74) is 8.48. The first kappa shape index (κ1) is 17.5. The van der Waals surface area contributed by atoms with Crippen molar-refractivity contribution in [2.75, 3.05) is 5.32 Å². The quantitative estimate of drug-likeness (QED) is 0.426. The van der Waals surface area contributed by atoms with Crippen molar-refractivity contribution < 1.29 is 4.79 Å². The molecular weight excluding hydrogens is 324 g/mol. The fourth-order valence-electron chi connectivity index (χ4n) is 3.08. The Morgan fingerprint density at radius 2 is 1.81 bits per heavy atom. The minimum Gasteiger partial charge on any atom is -0.370 e. The average molecular weight is 346 g/mol. The van der Waals surface area contributed by atoms with Crippen molar-refractivity contribution in [1.29, 1.82) is 5.41 Å². The zero-order valence-electron chi connectivity index (χ0n) is 14.8. The van der Waals surface area contributed by atoms with Crippen molar-refractivity contribution in [2.45, 2.75) is 19.9 Å². The van der Waals surface area contributed by atoms with Crippen LogP contribution in [0.15, 0.2) is 60.7 Å². The van der Waals surface area contributed by atoms with Crippen LogP contribution >= 0.6 is 0 Å². The van der Waals surface area contributed by atoms with E-state index in [0.29, 0.717) is 11.3 Å². The molecule has 3 aromatic rings. The number of fused-ring (bicyclic) bond motifs is 1. The summed E-state index contributed by atoms with van der Waals surface area (Å²) in [6.07, 6.45) is 0. The van der Waals surface area contributed by atoms with Crippen molar-refractivity contribution in [2.24, 2.45) is 5.73 Å². The number of guanidine groups is 1. The summed E-state index contributed by atoms with van der Waals surface area (Å²) in [6.45, 7) is 3.86. The molecule has 0 aromatic heterocycles. The number of amides is 1. The minimum absolute atomic E-state index is 0.141. The molecular formula is C21H22N4O. The molecule has 0 saturated carbocycles. The Kier molecular flexibility index (Phi) is 4.89. The van der Waals surface area contributed by atoms with Gasteiger partial charge in [0.2, 0.25) is 0 Å². The van der Waals surface area contributed by atoms with E-state index >= 15 is 0 Å². The smallest absolute Gasteiger partial charge is 0.252 e. The number of rotatable bonds is 4. The molecule has 0 aliphatic rings. The molecule has 1 amide bonds. The molecule has 5 nitrogen and oxygen atoms in total. The third kappa shape index (κ3) is 3.67. The summed E-state index contributed by atoms with van der Waals surface area (Å²) >= 11 is 0. The van der Waals surface area contributed by atoms with Gasteiger partial charge in [0.1, 0.15) is 0 Å². The highest BCUT2D eigenvalue weighted by atomic mass is 16.1. The van der Waals surface area contributed by atoms with Crippen LogP contribution in [-0.2, 0) is 0 Å². The molecule has 0 aliphatic heterocycles. The Morgan fingerprint density at radius 1 is 1.08 bits per heavy atom. The molecule has 0 saturated heterocycles. The first-order valence-corrected chi connectivity index (χ1v) is 8.46. The van der Waals surface area contributed by atoms with Gasteiger partial charge in [-0.05, 0) is 47.9 Å². The fraction of sp³-hybridized carbons (Fsp3) is 0.143. The van der Waals surface area contributed by atoms with Gasteiger partial charge in [-0.15, -0.1) is 0 Å². The lowest BCUT2D eigenvalue weighted by Crippen LogP contribution is -2.28. The Bertz CT molecular complexity index is 975. The summed E-state index contributed by atoms with van der Waals surface area (Å²) in [6, 6.07) is 19.4. The van der Waals surface area contributed by atoms with Crippen molar-refractivity contribution in [3.05, 3.63) is 77.4 Å². The molecule has 0 fully saturated rings. The van der Waals surface area contributed by atoms with Gasteiger partial charge in [-0.3, -0.25) is 10.2 Å². The molecule has 3 aromatic carbocycles. The highest BCUT2D eigenvalue weighted by Gasteiger charge is 2.15. The van der Waals surface area contributed by atoms with Gasteiger partial charge in [0.05, 0.1) is 6.04 Å². The van der Waals surface area contributed by atoms with E-state index in [1.807, 2.05) is 44.2 Å². The Morgan fingerprint density at radius 3 is 2.58 bits per heavy atom. The maximum Gasteiger partial charge on any atom is 0.252 e. The maximum atomic E-state index is 12.8. The zero-order valence-corrected chi connectivity index (χ0v) is 14.8. The number of aryl methyl sites for hydroxylation is 1. The molecule has 5 N–H and O–H groups in total. The van der Waals surface area contributed by atoms with Gasteiger partial charge in [0.15, 0.2) is 5.96 Å². The summed E-state index contributed by atoms with van der Waals surface area (Å²) in [7, 11) is 0. The third-order valence-corrected chi connectivity index (χ3v) is 4.40. The van der Waals surface area contributed by atoms with E-state index in [0.717, 1.165) is 21.9 Å². The highest BCUT2D eigenvalue weighted by molar-refractivity contribution is 5.98. The zero-order chi connectivity index (χ0) is 18.7. The van der Waals surface area contributed by atoms with Crippen LogP contribution in [0.2, 0.25) is 0 Å². The monoisotopic (exact) mass is 346 g/mol. The van der Waals surface area contributed by atoms with Crippen LogP contribution in [0.3, 0.4) is 0 Å². The SMILES string of the molecule is Cc1ccc(NC(=N)N)cc1C(=O)N[C@H](C)c1cccc2ccccc12. The number of anilines is 1. The van der Waals surface area contributed by atoms with Crippen LogP contribution in [0.1, 0.15) is 34.5 Å². The molecule has 0 aliphatic carbocycles. The van der Waals surface area contributed by atoms with Crippen LogP contribution in [0, 0.1) is 12.3 Å². The largest absolute Gasteiger partial charge is 0.370 e. The molecule has 0 spiro atoms. The Hall–Kier alpha value is -3.34. The summed E-state index contributed by atoms with van der Waals surface area (Å²) < 4.78 is 0. The van der Waals surface area contributed by atoms with E-state index in [1.54, 1.807) is 12.1 Å². The van der Waals surface area contributed by atoms with Gasteiger partial charge in [-0.2, -0.15) is 0 Å². The van der Waals surface area contributed by atoms with Gasteiger partial charge in [0, 0.05) is 11.3 Å². The number of hydrogen-bond acceptors (Lipinski definition) is 2. The van der Waals surface area contributed by atoms with E-state index in [4.69, 9.17) is 11.1 Å². The van der Waals surface area contributed by atoms with Crippen LogP contribution in [0.5, 0.6) is 0 Å². The van der Waals surface area contributed by atoms with Gasteiger partial charge >= 0.3 is 0 Å². The lowest BCUT2D eigenvalue weighted by atomic mass is 9.99. The average Bonchev–Trinajstić information content (AvgIpc) is 2.62. The van der Waals surface area contributed by atoms with Gasteiger partial charge in [-0.1, -0.05) is 48.5 Å². The topological polar surface area (TPSA) is 91.0 Å². The summed E-state index contributed by atoms with van der Waals surface area (Å²) in [4.78, 5) is 12.8. The van der Waals surface area contributed by atoms with Gasteiger partial charge in [-0.25, -0.2) is 0 Å². The normalized spacial score (nSPS) is 11.8. The van der Waals surface area contributed by atoms with Crippen LogP contribution in [0.4, 0.5) is 5.69 Å². The molecule has 26 heavy (non-hydrogen) atoms. The van der Waals surface area contributed by atoms with E-state index in [2.05, 4.69) is 28.8 Å². The second-order valence-corrected chi connectivity index (χ2v) is 6.33. The van der Waals surface area contributed by atoms with Crippen LogP contribution in [0.25, 0.3) is 10.8 Å². The summed E-state index contributed by atoms with van der Waals surface area (Å²) in [5, 5.41) is 15.4. The first-order chi connectivity index (χ1) is 12.5. The Balaban J connectivity index is 1.86. The molecule has 0 heterocycles. The number of carbonyl (C=O) groups excluding carboxylic acids is 1. The van der Waals surface area contributed by atoms with Gasteiger partial charge < -0.3 is 16.4 Å². The van der Waals surface area contributed by atoms with Crippen molar-refractivity contribution in [3.8, 4) is 0 Å². The highest BCUT2D eigenvalue weighted by Crippen LogP contribution is 2.25. The lowest BCUT2D eigenvalue weighted by Gasteiger charge is -2.18. The van der Waals surface area contributed by atoms with E-state index in [1.165, 1.54) is 0 Å². The minimum atomic E-state index is -0.163. The number of benzene rings is 3. The lowest BCUT2D eigenvalue weighted by molar-refractivity contribution is 0.0939. The Labute approximate surface area is 152 Å². The first-order valence-electron chi connectivity index (χ1n) is 8.46. The maximum absolute atomic E-state index is 12.8. The van der Waals surface area contributed by atoms with E-state index in [-0.39, 0.29) is 17.9 Å². The second kappa shape index (κ2) is 7.27.